The van der Waals surface area contributed by atoms with E-state index in [1.165, 1.54) is 0 Å². The zero-order chi connectivity index (χ0) is 11.8. The molecule has 1 aromatic heterocycles. The second kappa shape index (κ2) is 3.63. The fourth-order valence-corrected chi connectivity index (χ4v) is 2.25. The summed E-state index contributed by atoms with van der Waals surface area (Å²) in [5, 5.41) is 1.13. The molecule has 1 aliphatic rings. The molecule has 0 bridgehead atoms. The van der Waals surface area contributed by atoms with Crippen molar-refractivity contribution in [2.75, 3.05) is 0 Å². The van der Waals surface area contributed by atoms with Gasteiger partial charge >= 0.3 is 0 Å². The van der Waals surface area contributed by atoms with Crippen LogP contribution in [0, 0.1) is 0 Å². The van der Waals surface area contributed by atoms with Crippen molar-refractivity contribution < 1.29 is 4.79 Å². The zero-order valence-electron chi connectivity index (χ0n) is 9.26. The lowest BCUT2D eigenvalue weighted by molar-refractivity contribution is -0.112. The summed E-state index contributed by atoms with van der Waals surface area (Å²) in [4.78, 5) is 11.5. The van der Waals surface area contributed by atoms with Crippen LogP contribution in [0.5, 0.6) is 0 Å². The van der Waals surface area contributed by atoms with Gasteiger partial charge in [-0.25, -0.2) is 0 Å². The number of nitrogens with two attached hydrogens (primary N) is 1. The van der Waals surface area contributed by atoms with Crippen molar-refractivity contribution >= 4 is 22.4 Å². The van der Waals surface area contributed by atoms with Crippen LogP contribution in [0.25, 0.3) is 16.5 Å². The first-order valence-electron chi connectivity index (χ1n) is 5.52. The Morgan fingerprint density at radius 1 is 1.29 bits per heavy atom. The number of allylic oxidation sites excluding steroid dienone is 3. The molecule has 0 atom stereocenters. The molecular formula is C14H12N2O. The van der Waals surface area contributed by atoms with Crippen molar-refractivity contribution in [1.29, 1.82) is 0 Å². The Labute approximate surface area is 98.8 Å². The summed E-state index contributed by atoms with van der Waals surface area (Å²) >= 11 is 0. The number of hydrogen-bond donors (Lipinski definition) is 1. The van der Waals surface area contributed by atoms with E-state index in [1.807, 2.05) is 36.4 Å². The van der Waals surface area contributed by atoms with E-state index in [0.29, 0.717) is 5.57 Å². The minimum Gasteiger partial charge on any atom is -0.366 e. The summed E-state index contributed by atoms with van der Waals surface area (Å²) in [7, 11) is 0. The molecule has 17 heavy (non-hydrogen) atoms. The highest BCUT2D eigenvalue weighted by Gasteiger charge is 2.16. The number of carbonyl (C=O) groups is 1. The molecule has 2 heterocycles. The van der Waals surface area contributed by atoms with Gasteiger partial charge in [-0.15, -0.1) is 0 Å². The Balaban J connectivity index is 2.34. The summed E-state index contributed by atoms with van der Waals surface area (Å²) in [6.07, 6.45) is 5.67. The number of fused-ring (bicyclic) bond motifs is 3. The van der Waals surface area contributed by atoms with Crippen LogP contribution in [0.4, 0.5) is 0 Å². The van der Waals surface area contributed by atoms with E-state index >= 15 is 0 Å². The van der Waals surface area contributed by atoms with Gasteiger partial charge in [-0.1, -0.05) is 30.4 Å². The third kappa shape index (κ3) is 1.47. The molecule has 2 aromatic rings. The predicted octanol–water partition coefficient (Wildman–Crippen LogP) is 2.08. The molecule has 1 amide bonds. The van der Waals surface area contributed by atoms with Crippen molar-refractivity contribution in [3.05, 3.63) is 54.3 Å². The maximum Gasteiger partial charge on any atom is 0.250 e. The van der Waals surface area contributed by atoms with E-state index in [4.69, 9.17) is 5.73 Å². The number of primary amides is 1. The number of benzene rings is 1. The van der Waals surface area contributed by atoms with Gasteiger partial charge in [0, 0.05) is 17.4 Å². The number of carbonyl (C=O) groups excluding carboxylic acids is 1. The molecule has 0 unspecified atom stereocenters. The highest BCUT2D eigenvalue weighted by Crippen LogP contribution is 2.26. The van der Waals surface area contributed by atoms with Crippen molar-refractivity contribution in [3.8, 4) is 0 Å². The average molecular weight is 224 g/mol. The number of rotatable bonds is 1. The Morgan fingerprint density at radius 3 is 2.94 bits per heavy atom. The first kappa shape index (κ1) is 9.90. The van der Waals surface area contributed by atoms with Gasteiger partial charge in [0.2, 0.25) is 0 Å². The smallest absolute Gasteiger partial charge is 0.250 e. The fourth-order valence-electron chi connectivity index (χ4n) is 2.25. The van der Waals surface area contributed by atoms with E-state index in [1.54, 1.807) is 6.08 Å². The van der Waals surface area contributed by atoms with Crippen molar-refractivity contribution in [3.63, 3.8) is 0 Å². The van der Waals surface area contributed by atoms with E-state index in [9.17, 15) is 4.79 Å². The van der Waals surface area contributed by atoms with E-state index in [2.05, 4.69) is 10.6 Å². The molecule has 2 N–H and O–H groups in total. The lowest BCUT2D eigenvalue weighted by atomic mass is 10.1. The van der Waals surface area contributed by atoms with E-state index in [0.717, 1.165) is 23.1 Å². The number of para-hydroxylation sites is 1. The minimum absolute atomic E-state index is 0.388. The largest absolute Gasteiger partial charge is 0.366 e. The Morgan fingerprint density at radius 2 is 2.12 bits per heavy atom. The van der Waals surface area contributed by atoms with Crippen molar-refractivity contribution in [2.24, 2.45) is 5.73 Å². The van der Waals surface area contributed by atoms with Crippen LogP contribution in [0.3, 0.4) is 0 Å². The van der Waals surface area contributed by atoms with Crippen LogP contribution >= 0.6 is 0 Å². The summed E-state index contributed by atoms with van der Waals surface area (Å²) in [5.74, 6) is -0.388. The molecule has 3 rings (SSSR count). The Kier molecular flexibility index (Phi) is 2.11. The standard InChI is InChI=1S/C14H12N2O/c15-14(17)11-6-3-4-8-16-12-7-2-1-5-10(12)9-13(11)16/h1-7,9H,8H2,(H2,15,17). The molecule has 3 heteroatoms. The Hall–Kier alpha value is -2.29. The number of aromatic nitrogens is 1. The van der Waals surface area contributed by atoms with Crippen LogP contribution in [0.1, 0.15) is 5.69 Å². The van der Waals surface area contributed by atoms with Gasteiger partial charge in [0.1, 0.15) is 0 Å². The summed E-state index contributed by atoms with van der Waals surface area (Å²) in [6, 6.07) is 10.1. The van der Waals surface area contributed by atoms with Crippen LogP contribution in [-0.2, 0) is 11.3 Å². The number of hydrogen-bond acceptors (Lipinski definition) is 1. The molecule has 1 aliphatic heterocycles. The average Bonchev–Trinajstić information content (AvgIpc) is 2.54. The molecule has 0 spiro atoms. The molecule has 1 aromatic carbocycles. The molecule has 3 nitrogen and oxygen atoms in total. The van der Waals surface area contributed by atoms with Crippen LogP contribution < -0.4 is 5.73 Å². The van der Waals surface area contributed by atoms with Gasteiger partial charge < -0.3 is 10.3 Å². The predicted molar refractivity (Wildman–Crippen MR) is 68.2 cm³/mol. The minimum atomic E-state index is -0.388. The zero-order valence-corrected chi connectivity index (χ0v) is 9.26. The van der Waals surface area contributed by atoms with Gasteiger partial charge in [-0.3, -0.25) is 4.79 Å². The van der Waals surface area contributed by atoms with Crippen molar-refractivity contribution in [2.45, 2.75) is 6.54 Å². The maximum absolute atomic E-state index is 11.5. The molecule has 84 valence electrons. The monoisotopic (exact) mass is 224 g/mol. The highest BCUT2D eigenvalue weighted by molar-refractivity contribution is 6.19. The molecule has 0 radical (unpaired) electrons. The number of nitrogens with zero attached hydrogens (tertiary/aromatic N) is 1. The fraction of sp³-hybridized carbons (Fsp3) is 0.0714. The molecule has 0 fully saturated rings. The third-order valence-electron chi connectivity index (χ3n) is 3.04. The van der Waals surface area contributed by atoms with E-state index < -0.39 is 0 Å². The van der Waals surface area contributed by atoms with Gasteiger partial charge in [-0.05, 0) is 18.2 Å². The van der Waals surface area contributed by atoms with Crippen LogP contribution in [-0.4, -0.2) is 10.5 Å². The second-order valence-corrected chi connectivity index (χ2v) is 4.07. The van der Waals surface area contributed by atoms with Crippen LogP contribution in [0.2, 0.25) is 0 Å². The number of amides is 1. The maximum atomic E-state index is 11.5. The summed E-state index contributed by atoms with van der Waals surface area (Å²) in [5.41, 5.74) is 8.00. The first-order chi connectivity index (χ1) is 8.27. The molecule has 0 saturated heterocycles. The third-order valence-corrected chi connectivity index (χ3v) is 3.04. The van der Waals surface area contributed by atoms with E-state index in [-0.39, 0.29) is 5.91 Å². The normalized spacial score (nSPS) is 14.2. The summed E-state index contributed by atoms with van der Waals surface area (Å²) in [6.45, 7) is 0.760. The lowest BCUT2D eigenvalue weighted by Gasteiger charge is -2.07. The second-order valence-electron chi connectivity index (χ2n) is 4.07. The first-order valence-corrected chi connectivity index (χ1v) is 5.52. The topological polar surface area (TPSA) is 48.0 Å². The molecule has 0 saturated carbocycles. The van der Waals surface area contributed by atoms with Gasteiger partial charge in [0.15, 0.2) is 0 Å². The summed E-state index contributed by atoms with van der Waals surface area (Å²) < 4.78 is 2.11. The van der Waals surface area contributed by atoms with Gasteiger partial charge in [0.05, 0.1) is 11.3 Å². The Bertz CT molecular complexity index is 662. The SMILES string of the molecule is NC(=O)C1=CC=CCn2c1cc1ccccc12. The van der Waals surface area contributed by atoms with Crippen molar-refractivity contribution in [1.82, 2.24) is 4.57 Å². The highest BCUT2D eigenvalue weighted by atomic mass is 16.1. The molecule has 0 aliphatic carbocycles. The van der Waals surface area contributed by atoms with Crippen LogP contribution in [0.15, 0.2) is 48.6 Å². The van der Waals surface area contributed by atoms with Gasteiger partial charge in [0.25, 0.3) is 5.91 Å². The quantitative estimate of drug-likeness (QED) is 0.792. The molecular weight excluding hydrogens is 212 g/mol. The lowest BCUT2D eigenvalue weighted by Crippen LogP contribution is -2.14. The van der Waals surface area contributed by atoms with Gasteiger partial charge in [-0.2, -0.15) is 0 Å².